The quantitative estimate of drug-likeness (QED) is 0.625. The Kier molecular flexibility index (Phi) is 5.26. The maximum absolute atomic E-state index is 5.58. The third-order valence-corrected chi connectivity index (χ3v) is 2.86. The smallest absolute Gasteiger partial charge is 0.127 e. The summed E-state index contributed by atoms with van der Waals surface area (Å²) < 4.78 is 5.58. The van der Waals surface area contributed by atoms with Crippen molar-refractivity contribution in [3.05, 3.63) is 78.9 Å². The summed E-state index contributed by atoms with van der Waals surface area (Å²) in [4.78, 5) is 0. The largest absolute Gasteiger partial charge is 0.457 e. The van der Waals surface area contributed by atoms with E-state index in [1.165, 1.54) is 0 Å². The number of para-hydroxylation sites is 3. The highest BCUT2D eigenvalue weighted by Gasteiger charge is 1.94. The van der Waals surface area contributed by atoms with E-state index in [9.17, 15) is 0 Å². The molecule has 0 heterocycles. The van der Waals surface area contributed by atoms with Crippen molar-refractivity contribution in [1.82, 2.24) is 0 Å². The minimum Gasteiger partial charge on any atom is -0.457 e. The highest BCUT2D eigenvalue weighted by atomic mass is 16.5. The number of benzene rings is 3. The molecule has 0 aliphatic heterocycles. The van der Waals surface area contributed by atoms with Crippen LogP contribution in [0.3, 0.4) is 0 Å². The van der Waals surface area contributed by atoms with Crippen molar-refractivity contribution in [3.63, 3.8) is 0 Å². The summed E-state index contributed by atoms with van der Waals surface area (Å²) in [5, 5.41) is 0. The molecule has 0 radical (unpaired) electrons. The van der Waals surface area contributed by atoms with Gasteiger partial charge in [0.05, 0.1) is 11.4 Å². The molecule has 0 amide bonds. The van der Waals surface area contributed by atoms with Gasteiger partial charge in [-0.2, -0.15) is 0 Å². The molecule has 0 spiro atoms. The lowest BCUT2D eigenvalue weighted by molar-refractivity contribution is 0.483. The van der Waals surface area contributed by atoms with Crippen LogP contribution in [-0.4, -0.2) is 0 Å². The van der Waals surface area contributed by atoms with E-state index in [0.29, 0.717) is 11.4 Å². The van der Waals surface area contributed by atoms with Gasteiger partial charge in [-0.25, -0.2) is 0 Å². The number of hydrogen-bond acceptors (Lipinski definition) is 4. The molecule has 0 unspecified atom stereocenters. The highest BCUT2D eigenvalue weighted by molar-refractivity contribution is 5.62. The Bertz CT molecular complexity index is 676. The molecule has 4 nitrogen and oxygen atoms in total. The lowest BCUT2D eigenvalue weighted by atomic mass is 10.3. The fourth-order valence-electron chi connectivity index (χ4n) is 1.67. The zero-order valence-electron chi connectivity index (χ0n) is 12.1. The summed E-state index contributed by atoms with van der Waals surface area (Å²) >= 11 is 0. The first-order valence-corrected chi connectivity index (χ1v) is 6.83. The van der Waals surface area contributed by atoms with E-state index < -0.39 is 0 Å². The maximum atomic E-state index is 5.58. The van der Waals surface area contributed by atoms with Gasteiger partial charge in [0.1, 0.15) is 11.5 Å². The molecule has 0 aliphatic carbocycles. The van der Waals surface area contributed by atoms with Gasteiger partial charge >= 0.3 is 0 Å². The van der Waals surface area contributed by atoms with E-state index in [1.807, 2.05) is 66.7 Å². The van der Waals surface area contributed by atoms with Gasteiger partial charge in [-0.1, -0.05) is 30.3 Å². The summed E-state index contributed by atoms with van der Waals surface area (Å²) in [6.07, 6.45) is 0. The molecule has 0 aliphatic rings. The molecule has 0 saturated heterocycles. The lowest BCUT2D eigenvalue weighted by Crippen LogP contribution is -1.91. The maximum Gasteiger partial charge on any atom is 0.127 e. The average molecular weight is 293 g/mol. The summed E-state index contributed by atoms with van der Waals surface area (Å²) in [6, 6.07) is 24.2. The molecule has 0 fully saturated rings. The first kappa shape index (κ1) is 15.3. The minimum absolute atomic E-state index is 0.646. The number of nitrogens with two attached hydrogens (primary N) is 3. The fourth-order valence-corrected chi connectivity index (χ4v) is 1.67. The minimum atomic E-state index is 0.646. The molecule has 0 bridgehead atoms. The van der Waals surface area contributed by atoms with E-state index >= 15 is 0 Å². The third kappa shape index (κ3) is 4.76. The van der Waals surface area contributed by atoms with Gasteiger partial charge in [0, 0.05) is 5.69 Å². The van der Waals surface area contributed by atoms with Crippen LogP contribution in [0.15, 0.2) is 78.9 Å². The molecule has 0 aromatic heterocycles. The standard InChI is InChI=1S/C12H11NO.C6H8N2/c13-10-6-8-12(9-7-10)14-11-4-2-1-3-5-11;7-5-3-1-2-4-6(5)8/h1-9H,13H2;1-4H,7-8H2. The van der Waals surface area contributed by atoms with E-state index in [2.05, 4.69) is 0 Å². The van der Waals surface area contributed by atoms with Crippen molar-refractivity contribution >= 4 is 17.1 Å². The molecular formula is C18H19N3O. The third-order valence-electron chi connectivity index (χ3n) is 2.86. The van der Waals surface area contributed by atoms with Crippen molar-refractivity contribution in [2.45, 2.75) is 0 Å². The van der Waals surface area contributed by atoms with Crippen LogP contribution < -0.4 is 21.9 Å². The van der Waals surface area contributed by atoms with E-state index in [-0.39, 0.29) is 0 Å². The van der Waals surface area contributed by atoms with Gasteiger partial charge < -0.3 is 21.9 Å². The summed E-state index contributed by atoms with van der Waals surface area (Å²) in [5.74, 6) is 1.63. The van der Waals surface area contributed by atoms with Crippen molar-refractivity contribution in [3.8, 4) is 11.5 Å². The molecule has 22 heavy (non-hydrogen) atoms. The molecule has 3 aromatic rings. The number of ether oxygens (including phenoxy) is 1. The summed E-state index contributed by atoms with van der Waals surface area (Å²) in [6.45, 7) is 0. The first-order valence-electron chi connectivity index (χ1n) is 6.83. The topological polar surface area (TPSA) is 87.3 Å². The number of hydrogen-bond donors (Lipinski definition) is 3. The van der Waals surface area contributed by atoms with Crippen LogP contribution in [-0.2, 0) is 0 Å². The van der Waals surface area contributed by atoms with Crippen LogP contribution in [0.5, 0.6) is 11.5 Å². The van der Waals surface area contributed by atoms with Crippen LogP contribution in [0.4, 0.5) is 17.1 Å². The molecule has 6 N–H and O–H groups in total. The number of rotatable bonds is 2. The Balaban J connectivity index is 0.000000188. The second kappa shape index (κ2) is 7.59. The lowest BCUT2D eigenvalue weighted by Gasteiger charge is -2.04. The molecule has 0 atom stereocenters. The zero-order chi connectivity index (χ0) is 15.8. The van der Waals surface area contributed by atoms with Crippen molar-refractivity contribution in [1.29, 1.82) is 0 Å². The van der Waals surface area contributed by atoms with Gasteiger partial charge in [0.15, 0.2) is 0 Å². The molecule has 3 aromatic carbocycles. The summed E-state index contributed by atoms with van der Waals surface area (Å²) in [5.41, 5.74) is 18.4. The van der Waals surface area contributed by atoms with Gasteiger partial charge in [0.25, 0.3) is 0 Å². The Morgan fingerprint density at radius 2 is 0.955 bits per heavy atom. The molecule has 3 rings (SSSR count). The Labute approximate surface area is 130 Å². The highest BCUT2D eigenvalue weighted by Crippen LogP contribution is 2.21. The van der Waals surface area contributed by atoms with Crippen LogP contribution in [0, 0.1) is 0 Å². The van der Waals surface area contributed by atoms with Gasteiger partial charge in [-0.15, -0.1) is 0 Å². The first-order chi connectivity index (χ1) is 10.6. The molecular weight excluding hydrogens is 274 g/mol. The predicted octanol–water partition coefficient (Wildman–Crippen LogP) is 3.91. The number of anilines is 3. The van der Waals surface area contributed by atoms with Gasteiger partial charge in [0.2, 0.25) is 0 Å². The molecule has 112 valence electrons. The van der Waals surface area contributed by atoms with Crippen molar-refractivity contribution in [2.75, 3.05) is 17.2 Å². The van der Waals surface area contributed by atoms with Gasteiger partial charge in [-0.3, -0.25) is 0 Å². The SMILES string of the molecule is Nc1ccc(Oc2ccccc2)cc1.Nc1ccccc1N. The van der Waals surface area contributed by atoms with E-state index in [1.54, 1.807) is 12.1 Å². The van der Waals surface area contributed by atoms with E-state index in [4.69, 9.17) is 21.9 Å². The number of nitrogen functional groups attached to an aromatic ring is 3. The summed E-state index contributed by atoms with van der Waals surface area (Å²) in [7, 11) is 0. The van der Waals surface area contributed by atoms with Crippen molar-refractivity contribution in [2.24, 2.45) is 0 Å². The second-order valence-corrected chi connectivity index (χ2v) is 4.61. The molecule has 0 saturated carbocycles. The fraction of sp³-hybridized carbons (Fsp3) is 0. The molecule has 4 heteroatoms. The van der Waals surface area contributed by atoms with Gasteiger partial charge in [-0.05, 0) is 48.5 Å². The average Bonchev–Trinajstić information content (AvgIpc) is 2.54. The van der Waals surface area contributed by atoms with E-state index in [0.717, 1.165) is 17.2 Å². The Hall–Kier alpha value is -3.14. The predicted molar refractivity (Wildman–Crippen MR) is 92.6 cm³/mol. The van der Waals surface area contributed by atoms with Crippen LogP contribution in [0.25, 0.3) is 0 Å². The monoisotopic (exact) mass is 293 g/mol. The zero-order valence-corrected chi connectivity index (χ0v) is 12.1. The van der Waals surface area contributed by atoms with Crippen molar-refractivity contribution < 1.29 is 4.74 Å². The van der Waals surface area contributed by atoms with Crippen LogP contribution in [0.2, 0.25) is 0 Å². The van der Waals surface area contributed by atoms with Crippen LogP contribution >= 0.6 is 0 Å². The normalized spacial score (nSPS) is 9.45. The Morgan fingerprint density at radius 3 is 1.45 bits per heavy atom. The van der Waals surface area contributed by atoms with Crippen LogP contribution in [0.1, 0.15) is 0 Å². The Morgan fingerprint density at radius 1 is 0.500 bits per heavy atom. The second-order valence-electron chi connectivity index (χ2n) is 4.61.